The summed E-state index contributed by atoms with van der Waals surface area (Å²) in [5, 5.41) is 0. The summed E-state index contributed by atoms with van der Waals surface area (Å²) in [4.78, 5) is 15.9. The molecule has 4 heteroatoms. The highest BCUT2D eigenvalue weighted by Gasteiger charge is 2.18. The number of ketones is 1. The SMILES string of the molecule is COCC(=O)CN(C)CC1CCN(C)CC1. The van der Waals surface area contributed by atoms with Gasteiger partial charge in [-0.1, -0.05) is 0 Å². The normalized spacial score (nSPS) is 19.2. The van der Waals surface area contributed by atoms with E-state index in [0.29, 0.717) is 6.54 Å². The molecule has 0 aliphatic carbocycles. The highest BCUT2D eigenvalue weighted by Crippen LogP contribution is 2.16. The van der Waals surface area contributed by atoms with Crippen LogP contribution in [-0.4, -0.2) is 69.6 Å². The molecule has 1 fully saturated rings. The van der Waals surface area contributed by atoms with Crippen LogP contribution in [0.25, 0.3) is 0 Å². The maximum Gasteiger partial charge on any atom is 0.172 e. The molecule has 1 aliphatic heterocycles. The first-order chi connectivity index (χ1) is 7.61. The summed E-state index contributed by atoms with van der Waals surface area (Å²) >= 11 is 0. The van der Waals surface area contributed by atoms with Crippen LogP contribution in [0.1, 0.15) is 12.8 Å². The number of methoxy groups -OCH3 is 1. The average molecular weight is 228 g/mol. The first-order valence-electron chi connectivity index (χ1n) is 5.99. The van der Waals surface area contributed by atoms with Crippen molar-refractivity contribution in [2.24, 2.45) is 5.92 Å². The number of hydrogen-bond donors (Lipinski definition) is 0. The second-order valence-corrected chi connectivity index (χ2v) is 4.92. The van der Waals surface area contributed by atoms with E-state index in [4.69, 9.17) is 4.74 Å². The third-order valence-electron chi connectivity index (χ3n) is 3.16. The summed E-state index contributed by atoms with van der Waals surface area (Å²) in [6, 6.07) is 0. The number of carbonyl (C=O) groups is 1. The predicted octanol–water partition coefficient (Wildman–Crippen LogP) is 0.476. The Morgan fingerprint density at radius 1 is 1.44 bits per heavy atom. The zero-order valence-electron chi connectivity index (χ0n) is 10.7. The number of carbonyl (C=O) groups excluding carboxylic acids is 1. The highest BCUT2D eigenvalue weighted by molar-refractivity contribution is 5.81. The summed E-state index contributed by atoms with van der Waals surface area (Å²) in [5.41, 5.74) is 0. The van der Waals surface area contributed by atoms with Gasteiger partial charge in [-0.05, 0) is 45.9 Å². The molecule has 94 valence electrons. The molecule has 1 heterocycles. The van der Waals surface area contributed by atoms with Crippen molar-refractivity contribution in [3.05, 3.63) is 0 Å². The van der Waals surface area contributed by atoms with Crippen LogP contribution < -0.4 is 0 Å². The lowest BCUT2D eigenvalue weighted by atomic mass is 9.96. The minimum absolute atomic E-state index is 0.165. The molecular formula is C12H24N2O2. The first-order valence-corrected chi connectivity index (χ1v) is 5.99. The number of ether oxygens (including phenoxy) is 1. The second-order valence-electron chi connectivity index (χ2n) is 4.92. The van der Waals surface area contributed by atoms with Gasteiger partial charge in [-0.15, -0.1) is 0 Å². The smallest absolute Gasteiger partial charge is 0.172 e. The number of Topliss-reactive ketones (excluding diaryl/α,β-unsaturated/α-hetero) is 1. The van der Waals surface area contributed by atoms with E-state index in [1.54, 1.807) is 7.11 Å². The zero-order chi connectivity index (χ0) is 12.0. The van der Waals surface area contributed by atoms with Crippen LogP contribution in [0.15, 0.2) is 0 Å². The molecule has 0 atom stereocenters. The zero-order valence-corrected chi connectivity index (χ0v) is 10.7. The van der Waals surface area contributed by atoms with Crippen LogP contribution in [-0.2, 0) is 9.53 Å². The summed E-state index contributed by atoms with van der Waals surface area (Å²) in [6.45, 7) is 4.15. The summed E-state index contributed by atoms with van der Waals surface area (Å²) in [5.74, 6) is 0.912. The number of piperidine rings is 1. The van der Waals surface area contributed by atoms with E-state index in [1.165, 1.54) is 25.9 Å². The summed E-state index contributed by atoms with van der Waals surface area (Å²) in [7, 11) is 5.75. The van der Waals surface area contributed by atoms with Gasteiger partial charge in [-0.2, -0.15) is 0 Å². The van der Waals surface area contributed by atoms with Gasteiger partial charge >= 0.3 is 0 Å². The molecule has 1 rings (SSSR count). The largest absolute Gasteiger partial charge is 0.377 e. The highest BCUT2D eigenvalue weighted by atomic mass is 16.5. The van der Waals surface area contributed by atoms with Crippen LogP contribution in [0, 0.1) is 5.92 Å². The molecule has 1 aliphatic rings. The molecule has 0 spiro atoms. The van der Waals surface area contributed by atoms with Crippen LogP contribution >= 0.6 is 0 Å². The average Bonchev–Trinajstić information content (AvgIpc) is 2.21. The van der Waals surface area contributed by atoms with Crippen molar-refractivity contribution >= 4 is 5.78 Å². The Balaban J connectivity index is 2.18. The Morgan fingerprint density at radius 3 is 2.62 bits per heavy atom. The van der Waals surface area contributed by atoms with E-state index >= 15 is 0 Å². The van der Waals surface area contributed by atoms with Gasteiger partial charge in [0, 0.05) is 13.7 Å². The van der Waals surface area contributed by atoms with Crippen molar-refractivity contribution in [3.63, 3.8) is 0 Å². The third-order valence-corrected chi connectivity index (χ3v) is 3.16. The molecule has 0 aromatic carbocycles. The number of nitrogens with zero attached hydrogens (tertiary/aromatic N) is 2. The Bertz CT molecular complexity index is 213. The van der Waals surface area contributed by atoms with Crippen LogP contribution in [0.5, 0.6) is 0 Å². The molecule has 0 radical (unpaired) electrons. The number of rotatable bonds is 6. The van der Waals surface area contributed by atoms with Crippen molar-refractivity contribution in [1.82, 2.24) is 9.80 Å². The van der Waals surface area contributed by atoms with Crippen molar-refractivity contribution in [2.75, 3.05) is 54.0 Å². The van der Waals surface area contributed by atoms with Crippen molar-refractivity contribution < 1.29 is 9.53 Å². The predicted molar refractivity (Wildman–Crippen MR) is 64.6 cm³/mol. The molecule has 0 saturated carbocycles. The van der Waals surface area contributed by atoms with Crippen molar-refractivity contribution in [1.29, 1.82) is 0 Å². The van der Waals surface area contributed by atoms with Crippen molar-refractivity contribution in [2.45, 2.75) is 12.8 Å². The number of hydrogen-bond acceptors (Lipinski definition) is 4. The Kier molecular flexibility index (Phi) is 5.95. The van der Waals surface area contributed by atoms with Crippen molar-refractivity contribution in [3.8, 4) is 0 Å². The molecule has 0 N–H and O–H groups in total. The van der Waals surface area contributed by atoms with Gasteiger partial charge in [-0.3, -0.25) is 9.69 Å². The maximum absolute atomic E-state index is 11.4. The van der Waals surface area contributed by atoms with E-state index in [-0.39, 0.29) is 12.4 Å². The van der Waals surface area contributed by atoms with E-state index in [9.17, 15) is 4.79 Å². The lowest BCUT2D eigenvalue weighted by Crippen LogP contribution is -2.37. The van der Waals surface area contributed by atoms with Gasteiger partial charge in [-0.25, -0.2) is 0 Å². The Hall–Kier alpha value is -0.450. The molecule has 0 aromatic heterocycles. The van der Waals surface area contributed by atoms with E-state index in [0.717, 1.165) is 12.5 Å². The van der Waals surface area contributed by atoms with Gasteiger partial charge in [0.05, 0.1) is 6.54 Å². The fourth-order valence-electron chi connectivity index (χ4n) is 2.26. The first kappa shape index (κ1) is 13.6. The molecule has 4 nitrogen and oxygen atoms in total. The standard InChI is InChI=1S/C12H24N2O2/c1-13-6-4-11(5-7-13)8-14(2)9-12(15)10-16-3/h11H,4-10H2,1-3H3. The quantitative estimate of drug-likeness (QED) is 0.662. The third kappa shape index (κ3) is 5.05. The van der Waals surface area contributed by atoms with Gasteiger partial charge < -0.3 is 9.64 Å². The lowest BCUT2D eigenvalue weighted by Gasteiger charge is -2.31. The molecule has 0 aromatic rings. The van der Waals surface area contributed by atoms with E-state index < -0.39 is 0 Å². The monoisotopic (exact) mass is 228 g/mol. The van der Waals surface area contributed by atoms with E-state index in [1.807, 2.05) is 7.05 Å². The fourth-order valence-corrected chi connectivity index (χ4v) is 2.26. The van der Waals surface area contributed by atoms with Crippen LogP contribution in [0.2, 0.25) is 0 Å². The maximum atomic E-state index is 11.4. The Labute approximate surface area is 98.5 Å². The topological polar surface area (TPSA) is 32.8 Å². The number of likely N-dealkylation sites (tertiary alicyclic amines) is 1. The minimum Gasteiger partial charge on any atom is -0.377 e. The molecule has 1 saturated heterocycles. The van der Waals surface area contributed by atoms with Gasteiger partial charge in [0.25, 0.3) is 0 Å². The molecule has 0 bridgehead atoms. The van der Waals surface area contributed by atoms with Gasteiger partial charge in [0.1, 0.15) is 6.61 Å². The van der Waals surface area contributed by atoms with E-state index in [2.05, 4.69) is 16.8 Å². The minimum atomic E-state index is 0.165. The fraction of sp³-hybridized carbons (Fsp3) is 0.917. The molecular weight excluding hydrogens is 204 g/mol. The van der Waals surface area contributed by atoms with Gasteiger partial charge in [0.2, 0.25) is 0 Å². The summed E-state index contributed by atoms with van der Waals surface area (Å²) < 4.78 is 4.83. The van der Waals surface area contributed by atoms with Crippen LogP contribution in [0.3, 0.4) is 0 Å². The van der Waals surface area contributed by atoms with Gasteiger partial charge in [0.15, 0.2) is 5.78 Å². The Morgan fingerprint density at radius 2 is 2.06 bits per heavy atom. The van der Waals surface area contributed by atoms with Crippen LogP contribution in [0.4, 0.5) is 0 Å². The summed E-state index contributed by atoms with van der Waals surface area (Å²) in [6.07, 6.45) is 2.50. The lowest BCUT2D eigenvalue weighted by molar-refractivity contribution is -0.123. The number of likely N-dealkylation sites (N-methyl/N-ethyl adjacent to an activating group) is 1. The molecule has 0 amide bonds. The molecule has 0 unspecified atom stereocenters. The second kappa shape index (κ2) is 6.99. The molecule has 16 heavy (non-hydrogen) atoms.